The van der Waals surface area contributed by atoms with Crippen LogP contribution in [0, 0.1) is 5.82 Å². The highest BCUT2D eigenvalue weighted by Gasteiger charge is 2.19. The van der Waals surface area contributed by atoms with Gasteiger partial charge in [-0.25, -0.2) is 4.39 Å². The van der Waals surface area contributed by atoms with Gasteiger partial charge in [-0.2, -0.15) is 0 Å². The lowest BCUT2D eigenvalue weighted by Crippen LogP contribution is -2.49. The summed E-state index contributed by atoms with van der Waals surface area (Å²) in [6.45, 7) is 14.1. The Morgan fingerprint density at radius 3 is 2.44 bits per heavy atom. The van der Waals surface area contributed by atoms with Crippen LogP contribution in [0.4, 0.5) is 10.1 Å². The summed E-state index contributed by atoms with van der Waals surface area (Å²) in [6, 6.07) is 6.98. The van der Waals surface area contributed by atoms with Crippen molar-refractivity contribution in [2.75, 3.05) is 64.3 Å². The number of benzene rings is 1. The molecule has 1 heterocycles. The molecular formula is C23H40FIN6O. The highest BCUT2D eigenvalue weighted by molar-refractivity contribution is 14.0. The van der Waals surface area contributed by atoms with Gasteiger partial charge < -0.3 is 20.4 Å². The summed E-state index contributed by atoms with van der Waals surface area (Å²) in [5.41, 5.74) is 0.449. The minimum absolute atomic E-state index is 0. The summed E-state index contributed by atoms with van der Waals surface area (Å²) >= 11 is 0. The summed E-state index contributed by atoms with van der Waals surface area (Å²) in [4.78, 5) is 23.3. The second kappa shape index (κ2) is 13.8. The van der Waals surface area contributed by atoms with Gasteiger partial charge in [-0.15, -0.1) is 24.0 Å². The van der Waals surface area contributed by atoms with E-state index in [2.05, 4.69) is 25.4 Å². The van der Waals surface area contributed by atoms with Gasteiger partial charge in [0.25, 0.3) is 0 Å². The summed E-state index contributed by atoms with van der Waals surface area (Å²) in [7, 11) is 1.88. The Labute approximate surface area is 209 Å². The second-order valence-electron chi connectivity index (χ2n) is 9.02. The minimum atomic E-state index is -0.246. The number of nitrogens with one attached hydrogen (secondary N) is 2. The lowest BCUT2D eigenvalue weighted by atomic mass is 10.1. The van der Waals surface area contributed by atoms with Crippen LogP contribution in [-0.4, -0.2) is 86.6 Å². The van der Waals surface area contributed by atoms with Crippen molar-refractivity contribution < 1.29 is 9.18 Å². The molecule has 1 saturated heterocycles. The number of amides is 1. The molecule has 182 valence electrons. The first-order valence-electron chi connectivity index (χ1n) is 11.2. The third-order valence-corrected chi connectivity index (χ3v) is 5.05. The molecule has 0 radical (unpaired) electrons. The number of likely N-dealkylation sites (N-methyl/N-ethyl adjacent to an activating group) is 1. The lowest BCUT2D eigenvalue weighted by molar-refractivity contribution is -0.122. The summed E-state index contributed by atoms with van der Waals surface area (Å²) in [6.07, 6.45) is 0.941. The first kappa shape index (κ1) is 28.4. The molecular weight excluding hydrogens is 522 g/mol. The Bertz CT molecular complexity index is 731. The van der Waals surface area contributed by atoms with E-state index in [-0.39, 0.29) is 47.8 Å². The largest absolute Gasteiger partial charge is 0.367 e. The van der Waals surface area contributed by atoms with E-state index in [0.717, 1.165) is 51.6 Å². The fourth-order valence-electron chi connectivity index (χ4n) is 3.62. The molecule has 0 atom stereocenters. The number of hydrogen-bond donors (Lipinski definition) is 2. The van der Waals surface area contributed by atoms with Crippen LogP contribution in [0.3, 0.4) is 0 Å². The van der Waals surface area contributed by atoms with Crippen molar-refractivity contribution in [3.63, 3.8) is 0 Å². The van der Waals surface area contributed by atoms with E-state index in [1.54, 1.807) is 6.07 Å². The molecule has 1 aromatic rings. The SMILES string of the molecule is CCNC(=NCCCN1CCN(c2ccccc2F)CC1)N(C)CC(=O)NC(C)(C)C.I. The number of carbonyl (C=O) groups is 1. The van der Waals surface area contributed by atoms with Crippen molar-refractivity contribution in [1.29, 1.82) is 0 Å². The lowest BCUT2D eigenvalue weighted by Gasteiger charge is -2.36. The van der Waals surface area contributed by atoms with Crippen LogP contribution in [0.2, 0.25) is 0 Å². The molecule has 7 nitrogen and oxygen atoms in total. The molecule has 1 aliphatic heterocycles. The van der Waals surface area contributed by atoms with E-state index >= 15 is 0 Å². The molecule has 9 heteroatoms. The van der Waals surface area contributed by atoms with Crippen LogP contribution in [0.1, 0.15) is 34.1 Å². The number of rotatable bonds is 8. The first-order valence-corrected chi connectivity index (χ1v) is 11.2. The molecule has 1 aliphatic rings. The summed E-state index contributed by atoms with van der Waals surface area (Å²) in [5.74, 6) is 0.575. The Hall–Kier alpha value is -1.62. The second-order valence-corrected chi connectivity index (χ2v) is 9.02. The Kier molecular flexibility index (Phi) is 12.3. The zero-order valence-electron chi connectivity index (χ0n) is 20.2. The smallest absolute Gasteiger partial charge is 0.240 e. The fourth-order valence-corrected chi connectivity index (χ4v) is 3.62. The average Bonchev–Trinajstić information content (AvgIpc) is 2.69. The highest BCUT2D eigenvalue weighted by atomic mass is 127. The molecule has 1 aromatic carbocycles. The normalized spacial score (nSPS) is 15.2. The number of aliphatic imine (C=N–C) groups is 1. The number of piperazine rings is 1. The monoisotopic (exact) mass is 562 g/mol. The molecule has 0 bridgehead atoms. The predicted molar refractivity (Wildman–Crippen MR) is 142 cm³/mol. The molecule has 0 spiro atoms. The molecule has 0 saturated carbocycles. The third kappa shape index (κ3) is 9.89. The molecule has 1 fully saturated rings. The Morgan fingerprint density at radius 1 is 1.19 bits per heavy atom. The molecule has 1 amide bonds. The van der Waals surface area contributed by atoms with Crippen molar-refractivity contribution in [2.45, 2.75) is 39.7 Å². The first-order chi connectivity index (χ1) is 14.7. The number of hydrogen-bond acceptors (Lipinski definition) is 4. The standard InChI is InChI=1S/C23H39FN6O.HI/c1-6-25-22(28(5)18-21(31)27-23(2,3)4)26-12-9-13-29-14-16-30(17-15-29)20-11-8-7-10-19(20)24;/h7-8,10-11H,6,9,12-18H2,1-5H3,(H,25,26)(H,27,31);1H. The third-order valence-electron chi connectivity index (χ3n) is 5.05. The number of para-hydroxylation sites is 1. The average molecular weight is 563 g/mol. The van der Waals surface area contributed by atoms with Crippen LogP contribution in [0.5, 0.6) is 0 Å². The van der Waals surface area contributed by atoms with Crippen LogP contribution in [0.25, 0.3) is 0 Å². The van der Waals surface area contributed by atoms with Gasteiger partial charge in [-0.3, -0.25) is 14.7 Å². The number of carbonyl (C=O) groups excluding carboxylic acids is 1. The van der Waals surface area contributed by atoms with Crippen molar-refractivity contribution in [3.8, 4) is 0 Å². The van der Waals surface area contributed by atoms with Gasteiger partial charge in [-0.05, 0) is 46.2 Å². The van der Waals surface area contributed by atoms with Gasteiger partial charge in [0.2, 0.25) is 5.91 Å². The van der Waals surface area contributed by atoms with Gasteiger partial charge in [0.15, 0.2) is 5.96 Å². The zero-order valence-corrected chi connectivity index (χ0v) is 22.5. The van der Waals surface area contributed by atoms with E-state index in [9.17, 15) is 9.18 Å². The van der Waals surface area contributed by atoms with E-state index < -0.39 is 0 Å². The van der Waals surface area contributed by atoms with E-state index in [0.29, 0.717) is 12.2 Å². The maximum Gasteiger partial charge on any atom is 0.240 e. The number of guanidine groups is 1. The number of halogens is 2. The van der Waals surface area contributed by atoms with Crippen molar-refractivity contribution in [3.05, 3.63) is 30.1 Å². The molecule has 0 aliphatic carbocycles. The van der Waals surface area contributed by atoms with Gasteiger partial charge in [0.1, 0.15) is 5.82 Å². The van der Waals surface area contributed by atoms with Crippen LogP contribution >= 0.6 is 24.0 Å². The highest BCUT2D eigenvalue weighted by Crippen LogP contribution is 2.20. The van der Waals surface area contributed by atoms with E-state index in [1.807, 2.05) is 51.8 Å². The quantitative estimate of drug-likeness (QED) is 0.221. The molecule has 0 aromatic heterocycles. The maximum absolute atomic E-state index is 14.0. The number of anilines is 1. The molecule has 32 heavy (non-hydrogen) atoms. The van der Waals surface area contributed by atoms with Gasteiger partial charge in [0, 0.05) is 58.4 Å². The number of nitrogens with zero attached hydrogens (tertiary/aromatic N) is 4. The van der Waals surface area contributed by atoms with E-state index in [1.165, 1.54) is 6.07 Å². The Balaban J connectivity index is 0.00000512. The Morgan fingerprint density at radius 2 is 1.84 bits per heavy atom. The van der Waals surface area contributed by atoms with Crippen LogP contribution in [-0.2, 0) is 4.79 Å². The zero-order chi connectivity index (χ0) is 22.9. The maximum atomic E-state index is 14.0. The summed E-state index contributed by atoms with van der Waals surface area (Å²) < 4.78 is 14.0. The minimum Gasteiger partial charge on any atom is -0.367 e. The van der Waals surface area contributed by atoms with Crippen molar-refractivity contribution in [2.24, 2.45) is 4.99 Å². The van der Waals surface area contributed by atoms with Gasteiger partial charge in [-0.1, -0.05) is 12.1 Å². The van der Waals surface area contributed by atoms with Crippen molar-refractivity contribution in [1.82, 2.24) is 20.4 Å². The van der Waals surface area contributed by atoms with Crippen LogP contribution in [0.15, 0.2) is 29.3 Å². The fraction of sp³-hybridized carbons (Fsp3) is 0.652. The van der Waals surface area contributed by atoms with Gasteiger partial charge >= 0.3 is 0 Å². The van der Waals surface area contributed by atoms with Crippen molar-refractivity contribution >= 4 is 41.5 Å². The van der Waals surface area contributed by atoms with Gasteiger partial charge in [0.05, 0.1) is 12.2 Å². The van der Waals surface area contributed by atoms with E-state index in [4.69, 9.17) is 0 Å². The molecule has 0 unspecified atom stereocenters. The molecule has 2 rings (SSSR count). The molecule has 2 N–H and O–H groups in total. The predicted octanol–water partition coefficient (Wildman–Crippen LogP) is 2.77. The topological polar surface area (TPSA) is 63.2 Å². The summed E-state index contributed by atoms with van der Waals surface area (Å²) in [5, 5.41) is 6.24. The van der Waals surface area contributed by atoms with Crippen LogP contribution < -0.4 is 15.5 Å².